The molecule has 126 valence electrons. The first-order valence-corrected chi connectivity index (χ1v) is 9.47. The van der Waals surface area contributed by atoms with Crippen LogP contribution in [-0.4, -0.2) is 24.9 Å². The van der Waals surface area contributed by atoms with Gasteiger partial charge in [-0.3, -0.25) is 0 Å². The third-order valence-electron chi connectivity index (χ3n) is 3.68. The maximum atomic E-state index is 5.43. The lowest BCUT2D eigenvalue weighted by Gasteiger charge is -2.06. The highest BCUT2D eigenvalue weighted by Gasteiger charge is 2.20. The van der Waals surface area contributed by atoms with E-state index in [1.807, 2.05) is 66.4 Å². The van der Waals surface area contributed by atoms with Gasteiger partial charge in [-0.25, -0.2) is 0 Å². The molecule has 0 aliphatic heterocycles. The molecule has 0 saturated heterocycles. The summed E-state index contributed by atoms with van der Waals surface area (Å²) in [6.07, 6.45) is 0. The Hall–Kier alpha value is -2.45. The Bertz CT molecular complexity index is 962. The van der Waals surface area contributed by atoms with Crippen LogP contribution in [0.5, 0.6) is 0 Å². The predicted molar refractivity (Wildman–Crippen MR) is 98.3 cm³/mol. The molecule has 1 aromatic carbocycles. The summed E-state index contributed by atoms with van der Waals surface area (Å²) in [5.41, 5.74) is 0.938. The van der Waals surface area contributed by atoms with Crippen LogP contribution >= 0.6 is 23.1 Å². The summed E-state index contributed by atoms with van der Waals surface area (Å²) in [7, 11) is 1.97. The summed E-state index contributed by atoms with van der Waals surface area (Å²) in [5, 5.41) is 15.5. The molecule has 0 bridgehead atoms. The van der Waals surface area contributed by atoms with Crippen molar-refractivity contribution in [1.29, 1.82) is 0 Å². The lowest BCUT2D eigenvalue weighted by Crippen LogP contribution is -1.96. The summed E-state index contributed by atoms with van der Waals surface area (Å²) in [6.45, 7) is 2.02. The summed E-state index contributed by atoms with van der Waals surface area (Å²) in [4.78, 5) is 5.60. The quantitative estimate of drug-likeness (QED) is 0.484. The standard InChI is InChI=1S/C17H15N5OS2/c1-11(16-18-14(21-23-16)12-7-4-3-5-8-12)25-17-20-19-15(22(17)2)13-9-6-10-24-13/h3-11H,1-2H3. The fourth-order valence-corrected chi connectivity index (χ4v) is 3.94. The number of hydrogen-bond acceptors (Lipinski definition) is 7. The van der Waals surface area contributed by atoms with Crippen molar-refractivity contribution in [2.24, 2.45) is 7.05 Å². The highest BCUT2D eigenvalue weighted by Crippen LogP contribution is 2.35. The van der Waals surface area contributed by atoms with Crippen molar-refractivity contribution >= 4 is 23.1 Å². The van der Waals surface area contributed by atoms with Gasteiger partial charge in [0.05, 0.1) is 10.1 Å². The zero-order valence-electron chi connectivity index (χ0n) is 13.7. The largest absolute Gasteiger partial charge is 0.338 e. The minimum Gasteiger partial charge on any atom is -0.338 e. The molecule has 1 unspecified atom stereocenters. The normalized spacial score (nSPS) is 12.4. The minimum atomic E-state index is -0.0240. The van der Waals surface area contributed by atoms with E-state index in [-0.39, 0.29) is 5.25 Å². The molecule has 6 nitrogen and oxygen atoms in total. The molecule has 1 atom stereocenters. The average molecular weight is 369 g/mol. The number of aromatic nitrogens is 5. The van der Waals surface area contributed by atoms with E-state index < -0.39 is 0 Å². The molecular formula is C17H15N5OS2. The van der Waals surface area contributed by atoms with Crippen LogP contribution in [0.2, 0.25) is 0 Å². The number of hydrogen-bond donors (Lipinski definition) is 0. The van der Waals surface area contributed by atoms with E-state index in [4.69, 9.17) is 4.52 Å². The molecule has 0 radical (unpaired) electrons. The van der Waals surface area contributed by atoms with Crippen LogP contribution in [0, 0.1) is 0 Å². The van der Waals surface area contributed by atoms with Crippen LogP contribution in [0.3, 0.4) is 0 Å². The Kier molecular flexibility index (Phi) is 4.37. The first kappa shape index (κ1) is 16.0. The second-order valence-corrected chi connectivity index (χ2v) is 7.68. The van der Waals surface area contributed by atoms with Gasteiger partial charge in [0, 0.05) is 12.6 Å². The molecule has 0 aliphatic carbocycles. The van der Waals surface area contributed by atoms with Crippen LogP contribution in [0.1, 0.15) is 18.1 Å². The van der Waals surface area contributed by atoms with Gasteiger partial charge in [0.1, 0.15) is 0 Å². The SMILES string of the molecule is CC(Sc1nnc(-c2cccs2)n1C)c1nc(-c2ccccc2)no1. The van der Waals surface area contributed by atoms with Crippen LogP contribution in [0.4, 0.5) is 0 Å². The average Bonchev–Trinajstić information content (AvgIpc) is 3.37. The fraction of sp³-hybridized carbons (Fsp3) is 0.176. The van der Waals surface area contributed by atoms with Gasteiger partial charge >= 0.3 is 0 Å². The van der Waals surface area contributed by atoms with Crippen LogP contribution in [0.25, 0.3) is 22.1 Å². The molecular weight excluding hydrogens is 354 g/mol. The third-order valence-corrected chi connectivity index (χ3v) is 5.67. The Morgan fingerprint density at radius 1 is 1.12 bits per heavy atom. The van der Waals surface area contributed by atoms with E-state index in [1.54, 1.807) is 23.1 Å². The van der Waals surface area contributed by atoms with Crippen LogP contribution in [-0.2, 0) is 7.05 Å². The number of thioether (sulfide) groups is 1. The van der Waals surface area contributed by atoms with Crippen molar-refractivity contribution in [2.45, 2.75) is 17.3 Å². The lowest BCUT2D eigenvalue weighted by molar-refractivity contribution is 0.380. The summed E-state index contributed by atoms with van der Waals surface area (Å²) >= 11 is 3.19. The second-order valence-electron chi connectivity index (χ2n) is 5.42. The maximum absolute atomic E-state index is 5.43. The Morgan fingerprint density at radius 3 is 2.72 bits per heavy atom. The van der Waals surface area contributed by atoms with Crippen molar-refractivity contribution < 1.29 is 4.52 Å². The molecule has 0 saturated carbocycles. The van der Waals surface area contributed by atoms with Gasteiger partial charge in [0.15, 0.2) is 11.0 Å². The topological polar surface area (TPSA) is 69.6 Å². The van der Waals surface area contributed by atoms with Crippen molar-refractivity contribution in [3.05, 3.63) is 53.7 Å². The molecule has 8 heteroatoms. The van der Waals surface area contributed by atoms with E-state index in [2.05, 4.69) is 20.3 Å². The molecule has 4 aromatic rings. The predicted octanol–water partition coefficient (Wildman–Crippen LogP) is 4.45. The third kappa shape index (κ3) is 3.22. The molecule has 0 amide bonds. The molecule has 3 aromatic heterocycles. The van der Waals surface area contributed by atoms with E-state index in [0.29, 0.717) is 11.7 Å². The first-order valence-electron chi connectivity index (χ1n) is 7.71. The van der Waals surface area contributed by atoms with Crippen LogP contribution < -0.4 is 0 Å². The van der Waals surface area contributed by atoms with Gasteiger partial charge in [-0.1, -0.05) is 53.3 Å². The molecule has 0 aliphatic rings. The van der Waals surface area contributed by atoms with Gasteiger partial charge in [-0.05, 0) is 18.4 Å². The molecule has 0 N–H and O–H groups in total. The number of rotatable bonds is 5. The smallest absolute Gasteiger partial charge is 0.240 e. The Morgan fingerprint density at radius 2 is 1.96 bits per heavy atom. The highest BCUT2D eigenvalue weighted by molar-refractivity contribution is 7.99. The Labute approximate surface area is 152 Å². The summed E-state index contributed by atoms with van der Waals surface area (Å²) in [6, 6.07) is 13.8. The van der Waals surface area contributed by atoms with Gasteiger partial charge in [0.25, 0.3) is 0 Å². The van der Waals surface area contributed by atoms with Crippen molar-refractivity contribution in [1.82, 2.24) is 24.9 Å². The molecule has 3 heterocycles. The van der Waals surface area contributed by atoms with Crippen molar-refractivity contribution in [3.63, 3.8) is 0 Å². The number of benzene rings is 1. The van der Waals surface area contributed by atoms with Crippen molar-refractivity contribution in [3.8, 4) is 22.1 Å². The van der Waals surface area contributed by atoms with Crippen LogP contribution in [0.15, 0.2) is 57.5 Å². The van der Waals surface area contributed by atoms with E-state index in [1.165, 1.54) is 0 Å². The lowest BCUT2D eigenvalue weighted by atomic mass is 10.2. The zero-order chi connectivity index (χ0) is 17.2. The second kappa shape index (κ2) is 6.81. The van der Waals surface area contributed by atoms with Gasteiger partial charge in [-0.15, -0.1) is 21.5 Å². The van der Waals surface area contributed by atoms with E-state index >= 15 is 0 Å². The molecule has 25 heavy (non-hydrogen) atoms. The van der Waals surface area contributed by atoms with E-state index in [9.17, 15) is 0 Å². The van der Waals surface area contributed by atoms with Crippen molar-refractivity contribution in [2.75, 3.05) is 0 Å². The first-order chi connectivity index (χ1) is 12.2. The Balaban J connectivity index is 1.53. The maximum Gasteiger partial charge on any atom is 0.240 e. The summed E-state index contributed by atoms with van der Waals surface area (Å²) in [5.74, 6) is 2.03. The zero-order valence-corrected chi connectivity index (χ0v) is 15.3. The van der Waals surface area contributed by atoms with E-state index in [0.717, 1.165) is 21.4 Å². The number of thiophene rings is 1. The summed E-state index contributed by atoms with van der Waals surface area (Å²) < 4.78 is 7.42. The molecule has 4 rings (SSSR count). The minimum absolute atomic E-state index is 0.0240. The fourth-order valence-electron chi connectivity index (χ4n) is 2.35. The molecule has 0 fully saturated rings. The highest BCUT2D eigenvalue weighted by atomic mass is 32.2. The monoisotopic (exact) mass is 369 g/mol. The van der Waals surface area contributed by atoms with Gasteiger partial charge in [0.2, 0.25) is 11.7 Å². The molecule has 0 spiro atoms. The van der Waals surface area contributed by atoms with Gasteiger partial charge in [-0.2, -0.15) is 4.98 Å². The van der Waals surface area contributed by atoms with Gasteiger partial charge < -0.3 is 9.09 Å². The number of nitrogens with zero attached hydrogens (tertiary/aromatic N) is 5.